The molecule has 0 amide bonds. The highest BCUT2D eigenvalue weighted by Crippen LogP contribution is 2.68. The molecule has 3 nitrogen and oxygen atoms in total. The Labute approximate surface area is 150 Å². The zero-order valence-electron chi connectivity index (χ0n) is 15.8. The molecule has 0 aromatic heterocycles. The predicted octanol–water partition coefficient (Wildman–Crippen LogP) is 3.66. The number of fused-ring (bicyclic) bond motifs is 5. The first-order chi connectivity index (χ1) is 11.6. The number of carbonyl (C=O) groups excluding carboxylic acids is 1. The highest BCUT2D eigenvalue weighted by atomic mass is 19.1. The molecule has 0 unspecified atom stereocenters. The highest BCUT2D eigenvalue weighted by Gasteiger charge is 2.68. The van der Waals surface area contributed by atoms with Crippen LogP contribution >= 0.6 is 0 Å². The molecule has 0 radical (unpaired) electrons. The molecule has 4 heteroatoms. The van der Waals surface area contributed by atoms with Crippen molar-refractivity contribution in [3.8, 4) is 0 Å². The van der Waals surface area contributed by atoms with Crippen LogP contribution in [0.15, 0.2) is 0 Å². The third-order valence-electron chi connectivity index (χ3n) is 9.28. The summed E-state index contributed by atoms with van der Waals surface area (Å²) < 4.78 is 15.3. The molecule has 4 rings (SSSR count). The number of rotatable bonds is 1. The van der Waals surface area contributed by atoms with Gasteiger partial charge < -0.3 is 10.2 Å². The maximum Gasteiger partial charge on any atom is 0.133 e. The molecule has 4 aliphatic rings. The zero-order valence-corrected chi connectivity index (χ0v) is 15.8. The molecule has 0 spiro atoms. The van der Waals surface area contributed by atoms with Crippen molar-refractivity contribution < 1.29 is 19.4 Å². The van der Waals surface area contributed by atoms with E-state index >= 15 is 4.39 Å². The summed E-state index contributed by atoms with van der Waals surface area (Å²) in [5.41, 5.74) is -1.84. The number of hydrogen-bond acceptors (Lipinski definition) is 3. The second-order valence-electron chi connectivity index (χ2n) is 10.1. The third kappa shape index (κ3) is 2.19. The van der Waals surface area contributed by atoms with Crippen LogP contribution in [0.5, 0.6) is 0 Å². The van der Waals surface area contributed by atoms with Crippen molar-refractivity contribution >= 4 is 5.78 Å². The van der Waals surface area contributed by atoms with E-state index < -0.39 is 23.3 Å². The summed E-state index contributed by atoms with van der Waals surface area (Å²) in [6.07, 6.45) is 4.01. The Morgan fingerprint density at radius 2 is 1.80 bits per heavy atom. The Balaban J connectivity index is 1.69. The van der Waals surface area contributed by atoms with E-state index in [-0.39, 0.29) is 23.7 Å². The number of aliphatic hydroxyl groups excluding tert-OH is 1. The van der Waals surface area contributed by atoms with Crippen molar-refractivity contribution in [1.82, 2.24) is 0 Å². The van der Waals surface area contributed by atoms with Crippen molar-refractivity contribution in [2.24, 2.45) is 34.5 Å². The fourth-order valence-electron chi connectivity index (χ4n) is 7.88. The van der Waals surface area contributed by atoms with E-state index in [0.29, 0.717) is 36.9 Å². The summed E-state index contributed by atoms with van der Waals surface area (Å²) in [6.45, 7) is 6.04. The molecule has 142 valence electrons. The van der Waals surface area contributed by atoms with E-state index in [1.165, 1.54) is 0 Å². The lowest BCUT2D eigenvalue weighted by Crippen LogP contribution is -2.67. The van der Waals surface area contributed by atoms with Gasteiger partial charge in [0.15, 0.2) is 0 Å². The molecule has 2 N–H and O–H groups in total. The third-order valence-corrected chi connectivity index (χ3v) is 9.28. The van der Waals surface area contributed by atoms with Gasteiger partial charge in [0.1, 0.15) is 17.6 Å². The first-order valence-electron chi connectivity index (χ1n) is 10.2. The molecule has 4 saturated carbocycles. The highest BCUT2D eigenvalue weighted by molar-refractivity contribution is 5.79. The molecule has 0 saturated heterocycles. The number of ketones is 1. The summed E-state index contributed by atoms with van der Waals surface area (Å²) in [5, 5.41) is 21.3. The summed E-state index contributed by atoms with van der Waals surface area (Å²) >= 11 is 0. The van der Waals surface area contributed by atoms with E-state index in [1.807, 2.05) is 0 Å². The predicted molar refractivity (Wildman–Crippen MR) is 93.6 cm³/mol. The molecule has 4 aliphatic carbocycles. The number of halogens is 1. The van der Waals surface area contributed by atoms with Crippen LogP contribution in [0, 0.1) is 34.5 Å². The van der Waals surface area contributed by atoms with Gasteiger partial charge in [0.25, 0.3) is 0 Å². The molecule has 0 aromatic rings. The maximum atomic E-state index is 15.3. The number of Topliss-reactive ketones (excluding diaryl/α,β-unsaturated/α-hetero) is 1. The topological polar surface area (TPSA) is 57.5 Å². The summed E-state index contributed by atoms with van der Waals surface area (Å²) in [4.78, 5) is 12.2. The van der Waals surface area contributed by atoms with Crippen LogP contribution in [-0.2, 0) is 4.79 Å². The Kier molecular flexibility index (Phi) is 3.95. The van der Waals surface area contributed by atoms with E-state index in [2.05, 4.69) is 13.8 Å². The summed E-state index contributed by atoms with van der Waals surface area (Å²) in [7, 11) is 0. The van der Waals surface area contributed by atoms with Gasteiger partial charge in [-0.15, -0.1) is 0 Å². The molecule has 9 atom stereocenters. The first-order valence-corrected chi connectivity index (χ1v) is 10.2. The monoisotopic (exact) mass is 352 g/mol. The average molecular weight is 352 g/mol. The number of hydrogen-bond donors (Lipinski definition) is 2. The Morgan fingerprint density at radius 1 is 1.08 bits per heavy atom. The summed E-state index contributed by atoms with van der Waals surface area (Å²) in [5.74, 6) is 1.38. The lowest BCUT2D eigenvalue weighted by atomic mass is 9.42. The van der Waals surface area contributed by atoms with Crippen molar-refractivity contribution in [2.75, 3.05) is 0 Å². The fourth-order valence-corrected chi connectivity index (χ4v) is 7.88. The lowest BCUT2D eigenvalue weighted by Gasteiger charge is -2.64. The van der Waals surface area contributed by atoms with Crippen molar-refractivity contribution in [2.45, 2.75) is 90.0 Å². The van der Waals surface area contributed by atoms with E-state index in [4.69, 9.17) is 0 Å². The van der Waals surface area contributed by atoms with Gasteiger partial charge in [-0.25, -0.2) is 4.39 Å². The molecule has 4 fully saturated rings. The fraction of sp³-hybridized carbons (Fsp3) is 0.952. The Hall–Kier alpha value is -0.480. The SMILES string of the molecule is CC(=O)[C@H]1CC[C@H]2[C@@H]3C[C@H](F)[C@]4(O)C[C@@H](O)CC[C@]4(C)[C@H]3CC[C@]12C. The Morgan fingerprint density at radius 3 is 2.48 bits per heavy atom. The van der Waals surface area contributed by atoms with Gasteiger partial charge in [0.2, 0.25) is 0 Å². The van der Waals surface area contributed by atoms with E-state index in [1.54, 1.807) is 6.92 Å². The van der Waals surface area contributed by atoms with Gasteiger partial charge >= 0.3 is 0 Å². The second kappa shape index (κ2) is 5.51. The van der Waals surface area contributed by atoms with Crippen LogP contribution in [-0.4, -0.2) is 33.9 Å². The average Bonchev–Trinajstić information content (AvgIpc) is 2.88. The van der Waals surface area contributed by atoms with Crippen molar-refractivity contribution in [3.63, 3.8) is 0 Å². The molecular weight excluding hydrogens is 319 g/mol. The molecular formula is C21H33FO3. The zero-order chi connectivity index (χ0) is 18.2. The van der Waals surface area contributed by atoms with Crippen LogP contribution in [0.25, 0.3) is 0 Å². The minimum absolute atomic E-state index is 0.00666. The van der Waals surface area contributed by atoms with Crippen LogP contribution in [0.3, 0.4) is 0 Å². The molecule has 25 heavy (non-hydrogen) atoms. The van der Waals surface area contributed by atoms with Gasteiger partial charge in [0, 0.05) is 17.8 Å². The van der Waals surface area contributed by atoms with Crippen LogP contribution in [0.1, 0.15) is 72.1 Å². The Bertz CT molecular complexity index is 579. The molecule has 0 aliphatic heterocycles. The summed E-state index contributed by atoms with van der Waals surface area (Å²) in [6, 6.07) is 0. The van der Waals surface area contributed by atoms with Crippen LogP contribution < -0.4 is 0 Å². The van der Waals surface area contributed by atoms with Crippen molar-refractivity contribution in [3.05, 3.63) is 0 Å². The van der Waals surface area contributed by atoms with Crippen LogP contribution in [0.2, 0.25) is 0 Å². The van der Waals surface area contributed by atoms with Gasteiger partial charge in [0.05, 0.1) is 6.10 Å². The first kappa shape index (κ1) is 17.9. The number of carbonyl (C=O) groups is 1. The minimum Gasteiger partial charge on any atom is -0.393 e. The van der Waals surface area contributed by atoms with Gasteiger partial charge in [-0.05, 0) is 75.0 Å². The molecule has 0 heterocycles. The largest absolute Gasteiger partial charge is 0.393 e. The van der Waals surface area contributed by atoms with Gasteiger partial charge in [-0.2, -0.15) is 0 Å². The number of aliphatic hydroxyl groups is 2. The lowest BCUT2D eigenvalue weighted by molar-refractivity contribution is -0.249. The van der Waals surface area contributed by atoms with E-state index in [9.17, 15) is 15.0 Å². The van der Waals surface area contributed by atoms with Gasteiger partial charge in [-0.1, -0.05) is 13.8 Å². The molecule has 0 aromatic carbocycles. The maximum absolute atomic E-state index is 15.3. The second-order valence-corrected chi connectivity index (χ2v) is 10.1. The van der Waals surface area contributed by atoms with E-state index in [0.717, 1.165) is 25.7 Å². The normalized spacial score (nSPS) is 58.2. The van der Waals surface area contributed by atoms with Crippen LogP contribution in [0.4, 0.5) is 4.39 Å². The standard InChI is InChI=1S/C21H33FO3/c1-12(23)15-4-5-16-14-10-18(22)21(25)11-13(24)6-9-20(21,3)17(14)7-8-19(15,16)2/h13-18,24-25H,4-11H2,1-3H3/t13-,14-,15+,16-,17-,18-,19+,20+,21+/m0/s1. The van der Waals surface area contributed by atoms with Gasteiger partial charge in [-0.3, -0.25) is 4.79 Å². The van der Waals surface area contributed by atoms with Crippen molar-refractivity contribution in [1.29, 1.82) is 0 Å². The smallest absolute Gasteiger partial charge is 0.133 e. The number of alkyl halides is 1. The minimum atomic E-state index is -1.39. The quantitative estimate of drug-likeness (QED) is 0.757. The molecule has 0 bridgehead atoms.